The van der Waals surface area contributed by atoms with Crippen molar-refractivity contribution in [1.82, 2.24) is 0 Å². The normalized spacial score (nSPS) is 10.4. The Bertz CT molecular complexity index is 604. The lowest BCUT2D eigenvalue weighted by atomic mass is 10.1. The quantitative estimate of drug-likeness (QED) is 0.811. The van der Waals surface area contributed by atoms with Crippen LogP contribution in [0.2, 0.25) is 0 Å². The lowest BCUT2D eigenvalue weighted by Gasteiger charge is -2.07. The van der Waals surface area contributed by atoms with Crippen LogP contribution in [0, 0.1) is 12.7 Å². The Balaban J connectivity index is 2.50. The van der Waals surface area contributed by atoms with Gasteiger partial charge in [-0.3, -0.25) is 4.79 Å². The van der Waals surface area contributed by atoms with Gasteiger partial charge in [0, 0.05) is 6.07 Å². The summed E-state index contributed by atoms with van der Waals surface area (Å²) < 4.78 is 23.8. The fraction of sp³-hybridized carbons (Fsp3) is 0.154. The fourth-order valence-corrected chi connectivity index (χ4v) is 1.91. The third kappa shape index (κ3) is 2.31. The highest BCUT2D eigenvalue weighted by Gasteiger charge is 2.19. The predicted octanol–water partition coefficient (Wildman–Crippen LogP) is 3.73. The maximum atomic E-state index is 13.4. The van der Waals surface area contributed by atoms with Gasteiger partial charge in [-0.15, -0.1) is 0 Å². The molecule has 0 radical (unpaired) electrons. The van der Waals surface area contributed by atoms with Crippen LogP contribution in [0.5, 0.6) is 5.75 Å². The molecule has 0 atom stereocenters. The number of methoxy groups -OCH3 is 1. The third-order valence-corrected chi connectivity index (χ3v) is 3.06. The van der Waals surface area contributed by atoms with Gasteiger partial charge in [-0.05, 0) is 41.1 Å². The number of hydrogen-bond acceptors (Lipinski definition) is 3. The number of ketones is 1. The molecule has 5 heteroatoms. The highest BCUT2D eigenvalue weighted by molar-refractivity contribution is 9.10. The number of aryl methyl sites for hydroxylation is 1. The molecular weight excluding hydrogens is 303 g/mol. The number of furan rings is 1. The molecule has 94 valence electrons. The van der Waals surface area contributed by atoms with Crippen LogP contribution in [0.4, 0.5) is 4.39 Å². The Morgan fingerprint density at radius 1 is 1.39 bits per heavy atom. The molecule has 0 spiro atoms. The summed E-state index contributed by atoms with van der Waals surface area (Å²) in [6.07, 6.45) is 0. The summed E-state index contributed by atoms with van der Waals surface area (Å²) in [6, 6.07) is 5.81. The van der Waals surface area contributed by atoms with Crippen molar-refractivity contribution in [3.05, 3.63) is 51.6 Å². The number of benzene rings is 1. The topological polar surface area (TPSA) is 39.4 Å². The molecule has 0 N–H and O–H groups in total. The zero-order valence-electron chi connectivity index (χ0n) is 9.79. The van der Waals surface area contributed by atoms with Gasteiger partial charge in [0.2, 0.25) is 5.78 Å². The van der Waals surface area contributed by atoms with E-state index in [1.807, 2.05) is 0 Å². The molecule has 2 aromatic rings. The van der Waals surface area contributed by atoms with E-state index in [0.29, 0.717) is 5.76 Å². The molecule has 0 aliphatic heterocycles. The molecule has 0 saturated heterocycles. The van der Waals surface area contributed by atoms with Crippen molar-refractivity contribution in [3.63, 3.8) is 0 Å². The number of hydrogen-bond donors (Lipinski definition) is 0. The lowest BCUT2D eigenvalue weighted by Crippen LogP contribution is -2.03. The van der Waals surface area contributed by atoms with Crippen molar-refractivity contribution in [1.29, 1.82) is 0 Å². The molecule has 3 nitrogen and oxygen atoms in total. The zero-order valence-corrected chi connectivity index (χ0v) is 11.4. The molecule has 1 aromatic carbocycles. The molecule has 0 aliphatic carbocycles. The van der Waals surface area contributed by atoms with E-state index in [4.69, 9.17) is 9.15 Å². The summed E-state index contributed by atoms with van der Waals surface area (Å²) in [7, 11) is 1.38. The first-order valence-corrected chi connectivity index (χ1v) is 5.96. The molecule has 2 rings (SSSR count). The largest absolute Gasteiger partial charge is 0.496 e. The summed E-state index contributed by atoms with van der Waals surface area (Å²) in [5, 5.41) is 0. The summed E-state index contributed by atoms with van der Waals surface area (Å²) in [5.74, 6) is 0.178. The number of halogens is 2. The van der Waals surface area contributed by atoms with Gasteiger partial charge in [-0.2, -0.15) is 0 Å². The Kier molecular flexibility index (Phi) is 3.52. The number of ether oxygens (including phenoxy) is 1. The van der Waals surface area contributed by atoms with E-state index >= 15 is 0 Å². The molecule has 0 aliphatic rings. The van der Waals surface area contributed by atoms with Crippen LogP contribution >= 0.6 is 15.9 Å². The van der Waals surface area contributed by atoms with Crippen LogP contribution in [0.25, 0.3) is 0 Å². The fourth-order valence-electron chi connectivity index (χ4n) is 1.56. The number of carbonyl (C=O) groups is 1. The van der Waals surface area contributed by atoms with Crippen molar-refractivity contribution in [2.24, 2.45) is 0 Å². The van der Waals surface area contributed by atoms with Crippen molar-refractivity contribution in [2.75, 3.05) is 7.11 Å². The Hall–Kier alpha value is -1.62. The van der Waals surface area contributed by atoms with Crippen molar-refractivity contribution >= 4 is 21.7 Å². The minimum Gasteiger partial charge on any atom is -0.496 e. The molecule has 0 unspecified atom stereocenters. The van der Waals surface area contributed by atoms with Crippen molar-refractivity contribution in [2.45, 2.75) is 6.92 Å². The predicted molar refractivity (Wildman–Crippen MR) is 67.5 cm³/mol. The Labute approximate surface area is 112 Å². The van der Waals surface area contributed by atoms with Crippen molar-refractivity contribution < 1.29 is 18.3 Å². The number of rotatable bonds is 3. The van der Waals surface area contributed by atoms with E-state index in [1.165, 1.54) is 13.2 Å². The second-order valence-corrected chi connectivity index (χ2v) is 4.56. The van der Waals surface area contributed by atoms with E-state index in [0.717, 1.165) is 6.07 Å². The Morgan fingerprint density at radius 2 is 2.11 bits per heavy atom. The van der Waals surface area contributed by atoms with E-state index < -0.39 is 5.82 Å². The van der Waals surface area contributed by atoms with E-state index in [2.05, 4.69) is 15.9 Å². The molecule has 1 heterocycles. The van der Waals surface area contributed by atoms with Gasteiger partial charge in [0.15, 0.2) is 5.76 Å². The maximum absolute atomic E-state index is 13.4. The minimum absolute atomic E-state index is 0.176. The summed E-state index contributed by atoms with van der Waals surface area (Å²) in [4.78, 5) is 12.2. The highest BCUT2D eigenvalue weighted by atomic mass is 79.9. The number of carbonyl (C=O) groups excluding carboxylic acids is 1. The third-order valence-electron chi connectivity index (χ3n) is 2.45. The molecule has 0 saturated carbocycles. The van der Waals surface area contributed by atoms with Crippen molar-refractivity contribution in [3.8, 4) is 5.75 Å². The highest BCUT2D eigenvalue weighted by Crippen LogP contribution is 2.28. The second-order valence-electron chi connectivity index (χ2n) is 3.71. The first kappa shape index (κ1) is 12.8. The average Bonchev–Trinajstić information content (AvgIpc) is 2.78. The summed E-state index contributed by atoms with van der Waals surface area (Å²) >= 11 is 3.04. The molecule has 0 bridgehead atoms. The van der Waals surface area contributed by atoms with Crippen LogP contribution in [-0.4, -0.2) is 12.9 Å². The molecule has 0 amide bonds. The molecule has 0 fully saturated rings. The van der Waals surface area contributed by atoms with E-state index in [-0.39, 0.29) is 27.3 Å². The standard InChI is InChI=1S/C13H10BrFO3/c1-7-3-4-11(18-7)13(16)8-5-9(14)10(15)6-12(8)17-2/h3-6H,1-2H3. The zero-order chi connectivity index (χ0) is 13.3. The van der Waals surface area contributed by atoms with Gasteiger partial charge < -0.3 is 9.15 Å². The smallest absolute Gasteiger partial charge is 0.231 e. The molecule has 18 heavy (non-hydrogen) atoms. The first-order chi connectivity index (χ1) is 8.52. The van der Waals surface area contributed by atoms with Crippen LogP contribution in [0.15, 0.2) is 33.2 Å². The lowest BCUT2D eigenvalue weighted by molar-refractivity contribution is 0.100. The Morgan fingerprint density at radius 3 is 2.67 bits per heavy atom. The van der Waals surface area contributed by atoms with Gasteiger partial charge in [0.1, 0.15) is 17.3 Å². The van der Waals surface area contributed by atoms with Gasteiger partial charge in [-0.1, -0.05) is 0 Å². The van der Waals surface area contributed by atoms with E-state index in [9.17, 15) is 9.18 Å². The van der Waals surface area contributed by atoms with Gasteiger partial charge >= 0.3 is 0 Å². The second kappa shape index (κ2) is 4.94. The SMILES string of the molecule is COc1cc(F)c(Br)cc1C(=O)c1ccc(C)o1. The van der Waals surface area contributed by atoms with Crippen LogP contribution in [0.1, 0.15) is 21.9 Å². The molecule has 1 aromatic heterocycles. The summed E-state index contributed by atoms with van der Waals surface area (Å²) in [5.41, 5.74) is 0.250. The maximum Gasteiger partial charge on any atom is 0.231 e. The minimum atomic E-state index is -0.487. The first-order valence-electron chi connectivity index (χ1n) is 5.17. The van der Waals surface area contributed by atoms with Crippen LogP contribution < -0.4 is 4.74 Å². The van der Waals surface area contributed by atoms with E-state index in [1.54, 1.807) is 19.1 Å². The van der Waals surface area contributed by atoms with Crippen LogP contribution in [0.3, 0.4) is 0 Å². The summed E-state index contributed by atoms with van der Waals surface area (Å²) in [6.45, 7) is 1.74. The molecular formula is C13H10BrFO3. The van der Waals surface area contributed by atoms with Gasteiger partial charge in [0.05, 0.1) is 17.1 Å². The monoisotopic (exact) mass is 312 g/mol. The van der Waals surface area contributed by atoms with Crippen LogP contribution in [-0.2, 0) is 0 Å². The van der Waals surface area contributed by atoms with Gasteiger partial charge in [0.25, 0.3) is 0 Å². The average molecular weight is 313 g/mol. The van der Waals surface area contributed by atoms with Gasteiger partial charge in [-0.25, -0.2) is 4.39 Å².